The lowest BCUT2D eigenvalue weighted by molar-refractivity contribution is -0.306. The highest BCUT2D eigenvalue weighted by Gasteiger charge is 2.80. The van der Waals surface area contributed by atoms with E-state index in [4.69, 9.17) is 0 Å². The van der Waals surface area contributed by atoms with Crippen molar-refractivity contribution in [2.45, 2.75) is 85.9 Å². The predicted molar refractivity (Wildman–Crippen MR) is 88.1 cm³/mol. The van der Waals surface area contributed by atoms with E-state index in [1.807, 2.05) is 0 Å². The Labute approximate surface area is 135 Å². The van der Waals surface area contributed by atoms with Gasteiger partial charge in [-0.2, -0.15) is 0 Å². The molecule has 4 bridgehead atoms. The number of hydrogen-bond donors (Lipinski definition) is 2. The van der Waals surface area contributed by atoms with E-state index in [-0.39, 0.29) is 10.8 Å². The zero-order valence-electron chi connectivity index (χ0n) is 15.3. The van der Waals surface area contributed by atoms with Crippen LogP contribution in [0.4, 0.5) is 0 Å². The maximum Gasteiger partial charge on any atom is 0.173 e. The molecule has 4 aliphatic carbocycles. The fourth-order valence-corrected chi connectivity index (χ4v) is 8.59. The Morgan fingerprint density at radius 1 is 0.864 bits per heavy atom. The SMILES string of the molecule is CC12CCC(C1)C(C)(C)C2C12CCC(C)(C1)C(O)(O)C2(C)C. The monoisotopic (exact) mass is 306 g/mol. The van der Waals surface area contributed by atoms with E-state index in [0.29, 0.717) is 16.7 Å². The summed E-state index contributed by atoms with van der Waals surface area (Å²) in [4.78, 5) is 0. The second kappa shape index (κ2) is 3.61. The van der Waals surface area contributed by atoms with Crippen LogP contribution in [0.5, 0.6) is 0 Å². The van der Waals surface area contributed by atoms with Crippen LogP contribution in [0.15, 0.2) is 0 Å². The van der Waals surface area contributed by atoms with Gasteiger partial charge in [-0.1, -0.05) is 41.5 Å². The maximum atomic E-state index is 11.1. The van der Waals surface area contributed by atoms with Gasteiger partial charge in [-0.3, -0.25) is 0 Å². The zero-order chi connectivity index (χ0) is 16.4. The van der Waals surface area contributed by atoms with E-state index in [1.165, 1.54) is 25.7 Å². The fourth-order valence-electron chi connectivity index (χ4n) is 8.59. The first-order valence-corrected chi connectivity index (χ1v) is 9.29. The smallest absolute Gasteiger partial charge is 0.173 e. The van der Waals surface area contributed by atoms with Crippen LogP contribution >= 0.6 is 0 Å². The molecule has 4 rings (SSSR count). The summed E-state index contributed by atoms with van der Waals surface area (Å²) in [6.07, 6.45) is 7.20. The lowest BCUT2D eigenvalue weighted by atomic mass is 9.46. The first kappa shape index (κ1) is 15.4. The Morgan fingerprint density at radius 3 is 1.95 bits per heavy atom. The quantitative estimate of drug-likeness (QED) is 0.707. The molecule has 0 heterocycles. The van der Waals surface area contributed by atoms with Crippen LogP contribution in [0.3, 0.4) is 0 Å². The van der Waals surface area contributed by atoms with E-state index in [2.05, 4.69) is 41.5 Å². The van der Waals surface area contributed by atoms with Gasteiger partial charge in [-0.05, 0) is 66.6 Å². The molecule has 0 aromatic heterocycles. The second-order valence-corrected chi connectivity index (χ2v) is 11.0. The van der Waals surface area contributed by atoms with Crippen molar-refractivity contribution < 1.29 is 10.2 Å². The summed E-state index contributed by atoms with van der Waals surface area (Å²) in [5.74, 6) is -0.0943. The van der Waals surface area contributed by atoms with E-state index in [9.17, 15) is 10.2 Å². The van der Waals surface area contributed by atoms with Gasteiger partial charge in [0.05, 0.1) is 0 Å². The minimum absolute atomic E-state index is 0.0820. The summed E-state index contributed by atoms with van der Waals surface area (Å²) < 4.78 is 0. The highest BCUT2D eigenvalue weighted by atomic mass is 16.5. The van der Waals surface area contributed by atoms with E-state index in [0.717, 1.165) is 18.8 Å². The Balaban J connectivity index is 1.90. The number of rotatable bonds is 1. The summed E-state index contributed by atoms with van der Waals surface area (Å²) in [6, 6.07) is 0. The van der Waals surface area contributed by atoms with Crippen LogP contribution < -0.4 is 0 Å². The molecular formula is C20H34O2. The Hall–Kier alpha value is -0.0800. The van der Waals surface area contributed by atoms with Gasteiger partial charge >= 0.3 is 0 Å². The van der Waals surface area contributed by atoms with Crippen LogP contribution in [0.25, 0.3) is 0 Å². The molecule has 0 amide bonds. The molecule has 5 atom stereocenters. The van der Waals surface area contributed by atoms with Crippen molar-refractivity contribution in [3.63, 3.8) is 0 Å². The highest BCUT2D eigenvalue weighted by Crippen LogP contribution is 2.83. The maximum absolute atomic E-state index is 11.1. The predicted octanol–water partition coefficient (Wildman–Crippen LogP) is 4.35. The van der Waals surface area contributed by atoms with Crippen molar-refractivity contribution in [1.29, 1.82) is 0 Å². The molecule has 5 unspecified atom stereocenters. The first-order chi connectivity index (χ1) is 9.84. The molecule has 0 aliphatic heterocycles. The lowest BCUT2D eigenvalue weighted by Gasteiger charge is -2.60. The van der Waals surface area contributed by atoms with Crippen molar-refractivity contribution >= 4 is 0 Å². The third kappa shape index (κ3) is 1.27. The van der Waals surface area contributed by atoms with Gasteiger partial charge in [0.1, 0.15) is 0 Å². The summed E-state index contributed by atoms with van der Waals surface area (Å²) in [6.45, 7) is 13.9. The normalized spacial score (nSPS) is 56.7. The van der Waals surface area contributed by atoms with Crippen molar-refractivity contribution in [2.75, 3.05) is 0 Å². The van der Waals surface area contributed by atoms with Gasteiger partial charge in [0.2, 0.25) is 0 Å². The van der Waals surface area contributed by atoms with Gasteiger partial charge in [-0.15, -0.1) is 0 Å². The molecule has 2 N–H and O–H groups in total. The highest BCUT2D eigenvalue weighted by molar-refractivity contribution is 5.26. The molecule has 0 spiro atoms. The van der Waals surface area contributed by atoms with Crippen LogP contribution in [0, 0.1) is 38.9 Å². The Kier molecular flexibility index (Phi) is 2.54. The van der Waals surface area contributed by atoms with Gasteiger partial charge in [0.25, 0.3) is 0 Å². The number of aliphatic hydroxyl groups is 2. The lowest BCUT2D eigenvalue weighted by Crippen LogP contribution is -2.60. The third-order valence-corrected chi connectivity index (χ3v) is 9.61. The summed E-state index contributed by atoms with van der Waals surface area (Å²) in [5.41, 5.74) is 0.0545. The molecule has 0 radical (unpaired) electrons. The average molecular weight is 306 g/mol. The Morgan fingerprint density at radius 2 is 1.50 bits per heavy atom. The van der Waals surface area contributed by atoms with Crippen LogP contribution in [-0.4, -0.2) is 16.0 Å². The Bertz CT molecular complexity index is 529. The third-order valence-electron chi connectivity index (χ3n) is 9.61. The minimum Gasteiger partial charge on any atom is -0.365 e. The standard InChI is InChI=1S/C20H34O2/c1-15(2)13-7-8-17(5,11-13)14(15)19-10-9-18(6,12-19)20(21,22)16(19,3)4/h13-14,21-22H,7-12H2,1-6H3. The molecule has 4 aliphatic rings. The molecule has 2 heteroatoms. The van der Waals surface area contributed by atoms with Crippen LogP contribution in [0.2, 0.25) is 0 Å². The van der Waals surface area contributed by atoms with Gasteiger partial charge < -0.3 is 10.2 Å². The van der Waals surface area contributed by atoms with Gasteiger partial charge in [0.15, 0.2) is 5.79 Å². The van der Waals surface area contributed by atoms with Crippen molar-refractivity contribution in [1.82, 2.24) is 0 Å². The summed E-state index contributed by atoms with van der Waals surface area (Å²) in [5, 5.41) is 22.2. The average Bonchev–Trinajstić information content (AvgIpc) is 2.99. The molecule has 0 saturated heterocycles. The topological polar surface area (TPSA) is 40.5 Å². The van der Waals surface area contributed by atoms with Gasteiger partial charge in [-0.25, -0.2) is 0 Å². The number of hydrogen-bond acceptors (Lipinski definition) is 2. The largest absolute Gasteiger partial charge is 0.365 e. The molecule has 4 fully saturated rings. The first-order valence-electron chi connectivity index (χ1n) is 9.29. The van der Waals surface area contributed by atoms with E-state index < -0.39 is 11.2 Å². The molecule has 0 aromatic rings. The van der Waals surface area contributed by atoms with Crippen molar-refractivity contribution in [3.8, 4) is 0 Å². The molecule has 126 valence electrons. The zero-order valence-corrected chi connectivity index (χ0v) is 15.3. The number of fused-ring (bicyclic) bond motifs is 4. The van der Waals surface area contributed by atoms with Crippen molar-refractivity contribution in [2.24, 2.45) is 38.9 Å². The van der Waals surface area contributed by atoms with Gasteiger partial charge in [0, 0.05) is 10.8 Å². The molecular weight excluding hydrogens is 272 g/mol. The second-order valence-electron chi connectivity index (χ2n) is 11.0. The summed E-state index contributed by atoms with van der Waals surface area (Å²) in [7, 11) is 0. The molecule has 0 aromatic carbocycles. The summed E-state index contributed by atoms with van der Waals surface area (Å²) >= 11 is 0. The van der Waals surface area contributed by atoms with Crippen LogP contribution in [-0.2, 0) is 0 Å². The van der Waals surface area contributed by atoms with E-state index in [1.54, 1.807) is 0 Å². The molecule has 2 nitrogen and oxygen atoms in total. The minimum atomic E-state index is -1.54. The molecule has 4 saturated carbocycles. The fraction of sp³-hybridized carbons (Fsp3) is 1.00. The van der Waals surface area contributed by atoms with Crippen LogP contribution in [0.1, 0.15) is 80.1 Å². The van der Waals surface area contributed by atoms with E-state index >= 15 is 0 Å². The molecule has 22 heavy (non-hydrogen) atoms. The van der Waals surface area contributed by atoms with Crippen molar-refractivity contribution in [3.05, 3.63) is 0 Å².